The van der Waals surface area contributed by atoms with E-state index in [1.54, 1.807) is 0 Å². The number of anilines is 1. The molecule has 8 nitrogen and oxygen atoms in total. The van der Waals surface area contributed by atoms with Gasteiger partial charge in [0.25, 0.3) is 5.91 Å². The summed E-state index contributed by atoms with van der Waals surface area (Å²) in [5.74, 6) is 0.418. The lowest BCUT2D eigenvalue weighted by molar-refractivity contribution is -0.122. The zero-order valence-electron chi connectivity index (χ0n) is 17.3. The molecular weight excluding hydrogens is 550 g/mol. The van der Waals surface area contributed by atoms with Crippen molar-refractivity contribution < 1.29 is 4.79 Å². The Morgan fingerprint density at radius 2 is 1.64 bits per heavy atom. The molecule has 6 N–H and O–H groups in total. The van der Waals surface area contributed by atoms with Crippen molar-refractivity contribution in [3.05, 3.63) is 80.3 Å². The lowest BCUT2D eigenvalue weighted by Crippen LogP contribution is -2.39. The van der Waals surface area contributed by atoms with Gasteiger partial charge in [-0.2, -0.15) is 0 Å². The van der Waals surface area contributed by atoms with Gasteiger partial charge >= 0.3 is 0 Å². The number of H-pyrrole nitrogens is 3. The molecular formula is C23H17Br2N7O. The van der Waals surface area contributed by atoms with E-state index in [9.17, 15) is 4.79 Å². The third-order valence-corrected chi connectivity index (χ3v) is 7.00. The van der Waals surface area contributed by atoms with E-state index in [2.05, 4.69) is 57.1 Å². The molecule has 0 radical (unpaired) electrons. The quantitative estimate of drug-likeness (QED) is 0.219. The van der Waals surface area contributed by atoms with E-state index in [1.807, 2.05) is 55.7 Å². The predicted molar refractivity (Wildman–Crippen MR) is 135 cm³/mol. The number of aliphatic imine (C=N–C) groups is 1. The van der Waals surface area contributed by atoms with Crippen LogP contribution in [0.25, 0.3) is 21.8 Å². The molecule has 1 aliphatic rings. The van der Waals surface area contributed by atoms with Gasteiger partial charge in [0.15, 0.2) is 5.95 Å². The number of imidazole rings is 1. The number of aryl methyl sites for hydroxylation is 1. The van der Waals surface area contributed by atoms with Crippen LogP contribution in [0.1, 0.15) is 22.5 Å². The molecule has 0 bridgehead atoms. The van der Waals surface area contributed by atoms with Crippen LogP contribution in [0.4, 0.5) is 5.95 Å². The first-order chi connectivity index (χ1) is 15.9. The van der Waals surface area contributed by atoms with Crippen molar-refractivity contribution in [3.8, 4) is 0 Å². The monoisotopic (exact) mass is 565 g/mol. The Bertz CT molecular complexity index is 1630. The van der Waals surface area contributed by atoms with E-state index >= 15 is 0 Å². The van der Waals surface area contributed by atoms with Gasteiger partial charge in [-0.15, -0.1) is 0 Å². The molecule has 0 aliphatic carbocycles. The van der Waals surface area contributed by atoms with Gasteiger partial charge in [0.2, 0.25) is 5.54 Å². The summed E-state index contributed by atoms with van der Waals surface area (Å²) in [5, 5.41) is 4.84. The van der Waals surface area contributed by atoms with Crippen LogP contribution in [-0.2, 0) is 10.3 Å². The Balaban J connectivity index is 1.64. The van der Waals surface area contributed by atoms with Crippen molar-refractivity contribution in [1.82, 2.24) is 25.3 Å². The molecule has 1 amide bonds. The molecule has 0 fully saturated rings. The maximum absolute atomic E-state index is 13.8. The highest BCUT2D eigenvalue weighted by molar-refractivity contribution is 9.10. The number of aromatic amines is 3. The van der Waals surface area contributed by atoms with Crippen molar-refractivity contribution >= 4 is 71.4 Å². The Morgan fingerprint density at radius 1 is 0.970 bits per heavy atom. The number of nitrogens with one attached hydrogen (secondary N) is 4. The fourth-order valence-corrected chi connectivity index (χ4v) is 5.29. The molecule has 6 rings (SSSR count). The zero-order chi connectivity index (χ0) is 22.9. The van der Waals surface area contributed by atoms with E-state index in [0.29, 0.717) is 22.8 Å². The number of halogens is 2. The number of aromatic nitrogens is 4. The summed E-state index contributed by atoms with van der Waals surface area (Å²) in [7, 11) is 0. The third kappa shape index (κ3) is 2.90. The van der Waals surface area contributed by atoms with Crippen LogP contribution in [-0.4, -0.2) is 31.7 Å². The minimum atomic E-state index is -1.40. The summed E-state index contributed by atoms with van der Waals surface area (Å²) in [6.45, 7) is 1.84. The zero-order valence-corrected chi connectivity index (χ0v) is 20.4. The van der Waals surface area contributed by atoms with E-state index in [-0.39, 0.29) is 11.9 Å². The van der Waals surface area contributed by atoms with Crippen LogP contribution < -0.4 is 11.1 Å². The second kappa shape index (κ2) is 7.06. The van der Waals surface area contributed by atoms with Crippen molar-refractivity contribution in [2.75, 3.05) is 5.73 Å². The second-order valence-corrected chi connectivity index (χ2v) is 9.84. The van der Waals surface area contributed by atoms with Gasteiger partial charge in [0.05, 0.1) is 0 Å². The molecule has 10 heteroatoms. The molecule has 0 spiro atoms. The van der Waals surface area contributed by atoms with E-state index in [1.165, 1.54) is 0 Å². The van der Waals surface area contributed by atoms with Crippen molar-refractivity contribution in [2.45, 2.75) is 12.5 Å². The second-order valence-electron chi connectivity index (χ2n) is 8.01. The average Bonchev–Trinajstić information content (AvgIpc) is 3.52. The minimum absolute atomic E-state index is 0.234. The maximum Gasteiger partial charge on any atom is 0.264 e. The number of fused-ring (bicyclic) bond motifs is 2. The Hall–Kier alpha value is -3.37. The first-order valence-corrected chi connectivity index (χ1v) is 11.7. The summed E-state index contributed by atoms with van der Waals surface area (Å²) in [6, 6.07) is 11.8. The van der Waals surface area contributed by atoms with Gasteiger partial charge in [0, 0.05) is 60.0 Å². The molecule has 33 heavy (non-hydrogen) atoms. The summed E-state index contributed by atoms with van der Waals surface area (Å²) in [5.41, 5.74) is 9.06. The lowest BCUT2D eigenvalue weighted by atomic mass is 9.85. The molecule has 0 saturated heterocycles. The third-order valence-electron chi connectivity index (χ3n) is 6.02. The van der Waals surface area contributed by atoms with Gasteiger partial charge in [-0.05, 0) is 31.2 Å². The summed E-state index contributed by atoms with van der Waals surface area (Å²) >= 11 is 7.00. The number of benzene rings is 2. The molecule has 164 valence electrons. The lowest BCUT2D eigenvalue weighted by Gasteiger charge is -2.22. The number of rotatable bonds is 3. The van der Waals surface area contributed by atoms with Gasteiger partial charge in [0.1, 0.15) is 11.5 Å². The van der Waals surface area contributed by atoms with E-state index in [4.69, 9.17) is 10.7 Å². The maximum atomic E-state index is 13.8. The highest BCUT2D eigenvalue weighted by Gasteiger charge is 2.51. The fourth-order valence-electron chi connectivity index (χ4n) is 4.57. The van der Waals surface area contributed by atoms with Gasteiger partial charge in [-0.1, -0.05) is 44.0 Å². The average molecular weight is 567 g/mol. The Kier molecular flexibility index (Phi) is 4.33. The van der Waals surface area contributed by atoms with Crippen molar-refractivity contribution in [3.63, 3.8) is 0 Å². The van der Waals surface area contributed by atoms with Crippen LogP contribution >= 0.6 is 31.9 Å². The number of nitrogens with zero attached hydrogens (tertiary/aromatic N) is 2. The molecule has 1 aliphatic heterocycles. The standard InChI is InChI=1S/C23H17Br2N7O/c1-10-19(30-22(26)29-10)23(16-9-28-18-7-12(25)3-5-14(16)18)21(33)31-20(32-23)15-8-27-17-6-11(24)2-4-13(15)17/h2-9,27-28H,1H3,(H3,26,29,30)(H,31,32,33). The van der Waals surface area contributed by atoms with Gasteiger partial charge in [-0.3, -0.25) is 4.79 Å². The number of nitrogens with two attached hydrogens (primary N) is 1. The number of hydrogen-bond donors (Lipinski definition) is 5. The largest absolute Gasteiger partial charge is 0.369 e. The fraction of sp³-hybridized carbons (Fsp3) is 0.0870. The highest BCUT2D eigenvalue weighted by atomic mass is 79.9. The van der Waals surface area contributed by atoms with Crippen LogP contribution in [0, 0.1) is 6.92 Å². The van der Waals surface area contributed by atoms with Crippen molar-refractivity contribution in [2.24, 2.45) is 4.99 Å². The molecule has 1 atom stereocenters. The Morgan fingerprint density at radius 3 is 2.33 bits per heavy atom. The smallest absolute Gasteiger partial charge is 0.264 e. The molecule has 4 heterocycles. The normalized spacial score (nSPS) is 18.3. The van der Waals surface area contributed by atoms with Crippen molar-refractivity contribution in [1.29, 1.82) is 0 Å². The number of carbonyl (C=O) groups excluding carboxylic acids is 1. The number of nitrogen functional groups attached to an aromatic ring is 1. The summed E-state index contributed by atoms with van der Waals surface area (Å²) in [4.78, 5) is 32.9. The van der Waals surface area contributed by atoms with Crippen LogP contribution in [0.2, 0.25) is 0 Å². The number of amides is 1. The number of carbonyl (C=O) groups is 1. The molecule has 2 aromatic carbocycles. The molecule has 3 aromatic heterocycles. The van der Waals surface area contributed by atoms with Crippen LogP contribution in [0.5, 0.6) is 0 Å². The van der Waals surface area contributed by atoms with E-state index in [0.717, 1.165) is 36.3 Å². The minimum Gasteiger partial charge on any atom is -0.369 e. The molecule has 1 unspecified atom stereocenters. The number of amidine groups is 1. The highest BCUT2D eigenvalue weighted by Crippen LogP contribution is 2.42. The topological polar surface area (TPSA) is 128 Å². The summed E-state index contributed by atoms with van der Waals surface area (Å²) < 4.78 is 1.89. The predicted octanol–water partition coefficient (Wildman–Crippen LogP) is 4.61. The van der Waals surface area contributed by atoms with Gasteiger partial charge < -0.3 is 26.0 Å². The van der Waals surface area contributed by atoms with Crippen LogP contribution in [0.3, 0.4) is 0 Å². The molecule has 0 saturated carbocycles. The first-order valence-electron chi connectivity index (χ1n) is 10.1. The van der Waals surface area contributed by atoms with E-state index < -0.39 is 5.54 Å². The molecule has 5 aromatic rings. The van der Waals surface area contributed by atoms with Gasteiger partial charge in [-0.25, -0.2) is 9.98 Å². The number of hydrogen-bond acceptors (Lipinski definition) is 4. The van der Waals surface area contributed by atoms with Crippen LogP contribution in [0.15, 0.2) is 62.7 Å². The first kappa shape index (κ1) is 20.3. The summed E-state index contributed by atoms with van der Waals surface area (Å²) in [6.07, 6.45) is 3.67. The SMILES string of the molecule is Cc1[nH]c(N)nc1C1(c2c[nH]c3cc(Br)ccc23)N=C(c2c[nH]c3cc(Br)ccc23)NC1=O. The Labute approximate surface area is 204 Å².